The average molecular weight is 278 g/mol. The SMILES string of the molecule is CCCOc1cc(C)nc(NC2CCCCCC2N)n1. The van der Waals surface area contributed by atoms with Crippen molar-refractivity contribution >= 4 is 5.95 Å². The van der Waals surface area contributed by atoms with E-state index in [-0.39, 0.29) is 12.1 Å². The summed E-state index contributed by atoms with van der Waals surface area (Å²) >= 11 is 0. The van der Waals surface area contributed by atoms with E-state index < -0.39 is 0 Å². The minimum atomic E-state index is 0.182. The molecule has 0 aliphatic heterocycles. The van der Waals surface area contributed by atoms with Gasteiger partial charge in [0.15, 0.2) is 0 Å². The summed E-state index contributed by atoms with van der Waals surface area (Å²) < 4.78 is 5.59. The van der Waals surface area contributed by atoms with Gasteiger partial charge >= 0.3 is 0 Å². The number of aromatic nitrogens is 2. The lowest BCUT2D eigenvalue weighted by atomic mass is 10.0. The summed E-state index contributed by atoms with van der Waals surface area (Å²) in [7, 11) is 0. The molecule has 2 rings (SSSR count). The van der Waals surface area contributed by atoms with Gasteiger partial charge in [-0.25, -0.2) is 4.98 Å². The number of hydrogen-bond donors (Lipinski definition) is 2. The third-order valence-corrected chi connectivity index (χ3v) is 3.67. The molecular weight excluding hydrogens is 252 g/mol. The molecule has 3 N–H and O–H groups in total. The number of nitrogens with zero attached hydrogens (tertiary/aromatic N) is 2. The van der Waals surface area contributed by atoms with Crippen molar-refractivity contribution in [3.63, 3.8) is 0 Å². The molecule has 0 saturated heterocycles. The molecule has 20 heavy (non-hydrogen) atoms. The van der Waals surface area contributed by atoms with E-state index >= 15 is 0 Å². The fraction of sp³-hybridized carbons (Fsp3) is 0.733. The number of anilines is 1. The summed E-state index contributed by atoms with van der Waals surface area (Å²) in [5, 5.41) is 3.40. The molecule has 112 valence electrons. The molecule has 0 radical (unpaired) electrons. The number of ether oxygens (including phenoxy) is 1. The van der Waals surface area contributed by atoms with E-state index in [1.54, 1.807) is 0 Å². The number of rotatable bonds is 5. The van der Waals surface area contributed by atoms with E-state index in [4.69, 9.17) is 10.5 Å². The van der Waals surface area contributed by atoms with Crippen LogP contribution in [-0.4, -0.2) is 28.7 Å². The molecule has 0 aromatic carbocycles. The molecule has 0 spiro atoms. The Hall–Kier alpha value is -1.36. The highest BCUT2D eigenvalue weighted by molar-refractivity contribution is 5.32. The maximum atomic E-state index is 6.23. The van der Waals surface area contributed by atoms with E-state index in [1.807, 2.05) is 13.0 Å². The van der Waals surface area contributed by atoms with Crippen molar-refractivity contribution in [1.82, 2.24) is 9.97 Å². The Morgan fingerprint density at radius 3 is 2.90 bits per heavy atom. The van der Waals surface area contributed by atoms with Crippen molar-refractivity contribution in [2.45, 2.75) is 64.5 Å². The van der Waals surface area contributed by atoms with E-state index in [9.17, 15) is 0 Å². The molecule has 0 amide bonds. The van der Waals surface area contributed by atoms with Crippen LogP contribution in [-0.2, 0) is 0 Å². The van der Waals surface area contributed by atoms with Crippen LogP contribution >= 0.6 is 0 Å². The molecule has 1 heterocycles. The quantitative estimate of drug-likeness (QED) is 0.810. The Morgan fingerprint density at radius 2 is 2.10 bits per heavy atom. The van der Waals surface area contributed by atoms with Crippen molar-refractivity contribution in [1.29, 1.82) is 0 Å². The van der Waals surface area contributed by atoms with Gasteiger partial charge in [0.05, 0.1) is 6.61 Å². The lowest BCUT2D eigenvalue weighted by Crippen LogP contribution is -2.39. The van der Waals surface area contributed by atoms with Crippen LogP contribution in [0.5, 0.6) is 5.88 Å². The van der Waals surface area contributed by atoms with Gasteiger partial charge < -0.3 is 15.8 Å². The molecular formula is C15H26N4O. The number of hydrogen-bond acceptors (Lipinski definition) is 5. The second-order valence-corrected chi connectivity index (χ2v) is 5.57. The molecule has 2 unspecified atom stereocenters. The maximum absolute atomic E-state index is 6.23. The fourth-order valence-corrected chi connectivity index (χ4v) is 2.57. The highest BCUT2D eigenvalue weighted by Gasteiger charge is 2.21. The Morgan fingerprint density at radius 1 is 1.30 bits per heavy atom. The Bertz CT molecular complexity index is 424. The summed E-state index contributed by atoms with van der Waals surface area (Å²) in [6.07, 6.45) is 6.84. The van der Waals surface area contributed by atoms with Gasteiger partial charge in [-0.2, -0.15) is 4.98 Å². The first-order valence-corrected chi connectivity index (χ1v) is 7.69. The predicted octanol–water partition coefficient (Wildman–Crippen LogP) is 2.65. The zero-order valence-corrected chi connectivity index (χ0v) is 12.6. The molecule has 1 aliphatic rings. The molecule has 1 aromatic rings. The molecule has 1 fully saturated rings. The van der Waals surface area contributed by atoms with Gasteiger partial charge in [-0.05, 0) is 26.2 Å². The highest BCUT2D eigenvalue weighted by Crippen LogP contribution is 2.20. The summed E-state index contributed by atoms with van der Waals surface area (Å²) in [5.74, 6) is 1.28. The zero-order valence-electron chi connectivity index (χ0n) is 12.6. The van der Waals surface area contributed by atoms with Crippen LogP contribution in [0, 0.1) is 6.92 Å². The minimum Gasteiger partial charge on any atom is -0.478 e. The van der Waals surface area contributed by atoms with Gasteiger partial charge in [-0.1, -0.05) is 26.2 Å². The third kappa shape index (κ3) is 4.34. The van der Waals surface area contributed by atoms with Gasteiger partial charge in [0.1, 0.15) is 0 Å². The summed E-state index contributed by atoms with van der Waals surface area (Å²) in [5.41, 5.74) is 7.15. The van der Waals surface area contributed by atoms with Crippen molar-refractivity contribution in [3.8, 4) is 5.88 Å². The maximum Gasteiger partial charge on any atom is 0.226 e. The van der Waals surface area contributed by atoms with Gasteiger partial charge in [0.25, 0.3) is 0 Å². The van der Waals surface area contributed by atoms with E-state index in [0.29, 0.717) is 18.4 Å². The molecule has 1 saturated carbocycles. The Kier molecular flexibility index (Phi) is 5.59. The molecule has 5 heteroatoms. The van der Waals surface area contributed by atoms with Gasteiger partial charge in [-0.15, -0.1) is 0 Å². The van der Waals surface area contributed by atoms with Gasteiger partial charge in [-0.3, -0.25) is 0 Å². The average Bonchev–Trinajstić information content (AvgIpc) is 2.61. The number of nitrogens with two attached hydrogens (primary N) is 1. The molecule has 1 aromatic heterocycles. The van der Waals surface area contributed by atoms with Crippen molar-refractivity contribution < 1.29 is 4.74 Å². The first kappa shape index (κ1) is 15.0. The van der Waals surface area contributed by atoms with Crippen molar-refractivity contribution in [3.05, 3.63) is 11.8 Å². The van der Waals surface area contributed by atoms with Gasteiger partial charge in [0.2, 0.25) is 11.8 Å². The Labute approximate surface area is 121 Å². The normalized spacial score (nSPS) is 23.1. The molecule has 1 aliphatic carbocycles. The first-order chi connectivity index (χ1) is 9.69. The lowest BCUT2D eigenvalue weighted by molar-refractivity contribution is 0.304. The zero-order chi connectivity index (χ0) is 14.4. The first-order valence-electron chi connectivity index (χ1n) is 7.69. The lowest BCUT2D eigenvalue weighted by Gasteiger charge is -2.23. The van der Waals surface area contributed by atoms with Crippen LogP contribution in [0.3, 0.4) is 0 Å². The van der Waals surface area contributed by atoms with Crippen LogP contribution in [0.25, 0.3) is 0 Å². The van der Waals surface area contributed by atoms with Gasteiger partial charge in [0, 0.05) is 23.8 Å². The van der Waals surface area contributed by atoms with E-state index in [1.165, 1.54) is 19.3 Å². The smallest absolute Gasteiger partial charge is 0.226 e. The second-order valence-electron chi connectivity index (χ2n) is 5.57. The highest BCUT2D eigenvalue weighted by atomic mass is 16.5. The molecule has 5 nitrogen and oxygen atoms in total. The molecule has 2 atom stereocenters. The van der Waals surface area contributed by atoms with Crippen LogP contribution in [0.4, 0.5) is 5.95 Å². The fourth-order valence-electron chi connectivity index (χ4n) is 2.57. The molecule has 0 bridgehead atoms. The summed E-state index contributed by atoms with van der Waals surface area (Å²) in [4.78, 5) is 8.87. The number of aryl methyl sites for hydroxylation is 1. The van der Waals surface area contributed by atoms with Crippen LogP contribution in [0.15, 0.2) is 6.07 Å². The summed E-state index contributed by atoms with van der Waals surface area (Å²) in [6, 6.07) is 2.31. The topological polar surface area (TPSA) is 73.1 Å². The van der Waals surface area contributed by atoms with Crippen LogP contribution in [0.2, 0.25) is 0 Å². The minimum absolute atomic E-state index is 0.182. The van der Waals surface area contributed by atoms with Crippen molar-refractivity contribution in [2.75, 3.05) is 11.9 Å². The monoisotopic (exact) mass is 278 g/mol. The second kappa shape index (κ2) is 7.43. The van der Waals surface area contributed by atoms with Crippen LogP contribution < -0.4 is 15.8 Å². The number of nitrogens with one attached hydrogen (secondary N) is 1. The Balaban J connectivity index is 2.05. The largest absolute Gasteiger partial charge is 0.478 e. The summed E-state index contributed by atoms with van der Waals surface area (Å²) in [6.45, 7) is 4.72. The van der Waals surface area contributed by atoms with E-state index in [2.05, 4.69) is 22.2 Å². The van der Waals surface area contributed by atoms with E-state index in [0.717, 1.165) is 25.0 Å². The predicted molar refractivity (Wildman–Crippen MR) is 81.0 cm³/mol. The van der Waals surface area contributed by atoms with Crippen LogP contribution in [0.1, 0.15) is 51.1 Å². The van der Waals surface area contributed by atoms with Crippen molar-refractivity contribution in [2.24, 2.45) is 5.73 Å². The standard InChI is InChI=1S/C15H26N4O/c1-3-9-20-14-10-11(2)17-15(19-14)18-13-8-6-4-5-7-12(13)16/h10,12-13H,3-9,16H2,1-2H3,(H,17,18,19). The third-order valence-electron chi connectivity index (χ3n) is 3.67.